The molecule has 0 unspecified atom stereocenters. The number of ether oxygens (including phenoxy) is 1. The first-order valence-corrected chi connectivity index (χ1v) is 11.9. The van der Waals surface area contributed by atoms with E-state index < -0.39 is 28.8 Å². The van der Waals surface area contributed by atoms with Crippen molar-refractivity contribution in [2.75, 3.05) is 20.3 Å². The van der Waals surface area contributed by atoms with Gasteiger partial charge in [-0.3, -0.25) is 9.89 Å². The van der Waals surface area contributed by atoms with Gasteiger partial charge in [-0.05, 0) is 37.3 Å². The zero-order valence-electron chi connectivity index (χ0n) is 20.5. The van der Waals surface area contributed by atoms with Crippen molar-refractivity contribution in [3.8, 4) is 5.88 Å². The van der Waals surface area contributed by atoms with E-state index in [0.29, 0.717) is 23.0 Å². The molecule has 208 valence electrons. The van der Waals surface area contributed by atoms with Crippen LogP contribution in [0.25, 0.3) is 0 Å². The smallest absolute Gasteiger partial charge is 0.406 e. The summed E-state index contributed by atoms with van der Waals surface area (Å²) in [6.45, 7) is 3.02. The number of carbonyl (C=O) groups excluding carboxylic acids is 2. The number of esters is 1. The van der Waals surface area contributed by atoms with Crippen molar-refractivity contribution in [3.63, 3.8) is 0 Å². The number of halogens is 4. The maximum absolute atomic E-state index is 13.1. The second-order valence-electron chi connectivity index (χ2n) is 8.02. The van der Waals surface area contributed by atoms with Gasteiger partial charge in [-0.15, -0.1) is 5.10 Å². The lowest BCUT2D eigenvalue weighted by atomic mass is 10.2. The first kappa shape index (κ1) is 28.4. The lowest BCUT2D eigenvalue weighted by Crippen LogP contribution is -2.27. The van der Waals surface area contributed by atoms with Gasteiger partial charge in [0.15, 0.2) is 0 Å². The van der Waals surface area contributed by atoms with Gasteiger partial charge in [0, 0.05) is 30.4 Å². The Morgan fingerprint density at radius 2 is 1.82 bits per heavy atom. The number of urea groups is 1. The number of aryl methyl sites for hydroxylation is 1. The van der Waals surface area contributed by atoms with E-state index >= 15 is 0 Å². The van der Waals surface area contributed by atoms with Crippen LogP contribution in [-0.2, 0) is 11.0 Å². The molecule has 17 heteroatoms. The highest BCUT2D eigenvalue weighted by Gasteiger charge is 2.33. The summed E-state index contributed by atoms with van der Waals surface area (Å²) in [7, 11) is 0. The summed E-state index contributed by atoms with van der Waals surface area (Å²) in [5.74, 6) is 0.729. The van der Waals surface area contributed by atoms with Gasteiger partial charge in [-0.25, -0.2) is 19.1 Å². The monoisotopic (exact) mass is 593 g/mol. The van der Waals surface area contributed by atoms with Crippen LogP contribution < -0.4 is 25.0 Å². The SMILES string of the molecule is CC(=O)Oc1cc(Nc2cc(C)nc(Nc3ccc(N(S)C(=O)Nc4ccc(Cl)c(C(F)(F)F)c4)nc3)n2)[nH]n1. The van der Waals surface area contributed by atoms with E-state index in [-0.39, 0.29) is 23.3 Å². The van der Waals surface area contributed by atoms with E-state index in [2.05, 4.69) is 53.9 Å². The highest BCUT2D eigenvalue weighted by molar-refractivity contribution is 7.82. The number of aromatic amines is 1. The number of H-pyrrole nitrogens is 1. The normalized spacial score (nSPS) is 11.1. The van der Waals surface area contributed by atoms with Crippen LogP contribution in [0.2, 0.25) is 5.02 Å². The van der Waals surface area contributed by atoms with Gasteiger partial charge in [-0.1, -0.05) is 24.4 Å². The summed E-state index contributed by atoms with van der Waals surface area (Å²) in [4.78, 5) is 36.4. The lowest BCUT2D eigenvalue weighted by molar-refractivity contribution is -0.137. The van der Waals surface area contributed by atoms with Gasteiger partial charge in [0.05, 0.1) is 22.5 Å². The second kappa shape index (κ2) is 11.7. The fourth-order valence-corrected chi connectivity index (χ4v) is 3.60. The Morgan fingerprint density at radius 1 is 1.07 bits per heavy atom. The van der Waals surface area contributed by atoms with Crippen molar-refractivity contribution in [3.05, 3.63) is 64.9 Å². The molecule has 40 heavy (non-hydrogen) atoms. The first-order valence-electron chi connectivity index (χ1n) is 11.1. The van der Waals surface area contributed by atoms with Crippen molar-refractivity contribution in [2.24, 2.45) is 0 Å². The number of hydrogen-bond acceptors (Lipinski definition) is 10. The van der Waals surface area contributed by atoms with Crippen LogP contribution in [0.15, 0.2) is 48.7 Å². The van der Waals surface area contributed by atoms with Gasteiger partial charge in [0.25, 0.3) is 0 Å². The molecule has 0 aliphatic carbocycles. The zero-order valence-corrected chi connectivity index (χ0v) is 22.2. The summed E-state index contributed by atoms with van der Waals surface area (Å²) >= 11 is 9.71. The minimum Gasteiger partial charge on any atom is -0.406 e. The number of pyridine rings is 1. The largest absolute Gasteiger partial charge is 0.417 e. The first-order chi connectivity index (χ1) is 18.9. The molecule has 12 nitrogen and oxygen atoms in total. The van der Waals surface area contributed by atoms with Crippen LogP contribution in [-0.4, -0.2) is 37.1 Å². The number of nitrogens with zero attached hydrogens (tertiary/aromatic N) is 5. The Kier molecular flexibility index (Phi) is 8.29. The van der Waals surface area contributed by atoms with Crippen molar-refractivity contribution >= 4 is 71.2 Å². The highest BCUT2D eigenvalue weighted by Crippen LogP contribution is 2.36. The summed E-state index contributed by atoms with van der Waals surface area (Å²) in [6, 6.07) is 8.32. The van der Waals surface area contributed by atoms with E-state index in [4.69, 9.17) is 16.3 Å². The van der Waals surface area contributed by atoms with E-state index in [0.717, 1.165) is 16.4 Å². The van der Waals surface area contributed by atoms with Crippen LogP contribution in [0.5, 0.6) is 5.88 Å². The fraction of sp³-hybridized carbons (Fsp3) is 0.130. The number of rotatable bonds is 7. The molecule has 3 heterocycles. The minimum atomic E-state index is -4.69. The molecule has 0 atom stereocenters. The molecule has 1 aromatic carbocycles. The third-order valence-electron chi connectivity index (χ3n) is 4.86. The summed E-state index contributed by atoms with van der Waals surface area (Å²) in [5.41, 5.74) is -0.121. The van der Waals surface area contributed by atoms with Gasteiger partial charge in [-0.2, -0.15) is 18.2 Å². The summed E-state index contributed by atoms with van der Waals surface area (Å²) in [5, 5.41) is 14.3. The van der Waals surface area contributed by atoms with Crippen molar-refractivity contribution < 1.29 is 27.5 Å². The topological polar surface area (TPSA) is 150 Å². The molecular formula is C23H19ClF3N9O3S. The number of anilines is 6. The minimum absolute atomic E-state index is 0.0896. The number of thiol groups is 1. The van der Waals surface area contributed by atoms with Gasteiger partial charge < -0.3 is 20.7 Å². The Hall–Kier alpha value is -4.57. The summed E-state index contributed by atoms with van der Waals surface area (Å²) in [6.07, 6.45) is -3.30. The molecule has 4 N–H and O–H groups in total. The van der Waals surface area contributed by atoms with E-state index in [1.807, 2.05) is 0 Å². The van der Waals surface area contributed by atoms with Crippen molar-refractivity contribution in [1.29, 1.82) is 0 Å². The van der Waals surface area contributed by atoms with Crippen molar-refractivity contribution in [1.82, 2.24) is 25.1 Å². The number of benzene rings is 1. The molecule has 0 saturated carbocycles. The molecule has 0 aliphatic rings. The Labute approximate surface area is 234 Å². The summed E-state index contributed by atoms with van der Waals surface area (Å²) < 4.78 is 45.0. The van der Waals surface area contributed by atoms with Crippen LogP contribution in [0, 0.1) is 6.92 Å². The molecule has 0 fully saturated rings. The second-order valence-corrected chi connectivity index (χ2v) is 8.83. The molecular weight excluding hydrogens is 575 g/mol. The standard InChI is InChI=1S/C23H19ClF3N9O3S/c1-11-7-17(32-18-9-20(35-34-18)39-12(2)37)33-21(29-11)30-14-4-6-19(28-10-14)36(40)22(38)31-13-3-5-16(24)15(8-13)23(25,26)27/h3-10,40H,1-2H3,(H,31,38)(H3,29,30,32,33,34,35). The number of amides is 2. The molecule has 3 aromatic heterocycles. The Morgan fingerprint density at radius 3 is 2.50 bits per heavy atom. The molecule has 0 saturated heterocycles. The van der Waals surface area contributed by atoms with Gasteiger partial charge in [0.2, 0.25) is 11.8 Å². The zero-order chi connectivity index (χ0) is 29.0. The number of carbonyl (C=O) groups is 2. The number of nitrogens with one attached hydrogen (secondary N) is 4. The lowest BCUT2D eigenvalue weighted by Gasteiger charge is -2.17. The number of aromatic nitrogens is 5. The Bertz CT molecular complexity index is 1550. The molecule has 4 rings (SSSR count). The molecule has 0 aliphatic heterocycles. The fourth-order valence-electron chi connectivity index (χ4n) is 3.21. The van der Waals surface area contributed by atoms with Crippen LogP contribution in [0.1, 0.15) is 18.2 Å². The third-order valence-corrected chi connectivity index (χ3v) is 5.57. The predicted octanol–water partition coefficient (Wildman–Crippen LogP) is 5.87. The van der Waals surface area contributed by atoms with Gasteiger partial charge in [0.1, 0.15) is 17.5 Å². The quantitative estimate of drug-likeness (QED) is 0.131. The van der Waals surface area contributed by atoms with E-state index in [1.54, 1.807) is 19.1 Å². The van der Waals surface area contributed by atoms with Crippen LogP contribution in [0.4, 0.5) is 52.7 Å². The van der Waals surface area contributed by atoms with Crippen LogP contribution in [0.3, 0.4) is 0 Å². The Balaban J connectivity index is 1.41. The number of hydrogen-bond donors (Lipinski definition) is 5. The molecule has 2 amide bonds. The maximum atomic E-state index is 13.1. The average Bonchev–Trinajstić information content (AvgIpc) is 3.30. The molecule has 0 spiro atoms. The van der Waals surface area contributed by atoms with Crippen molar-refractivity contribution in [2.45, 2.75) is 20.0 Å². The van der Waals surface area contributed by atoms with E-state index in [1.165, 1.54) is 31.3 Å². The molecule has 0 bridgehead atoms. The maximum Gasteiger partial charge on any atom is 0.417 e. The predicted molar refractivity (Wildman–Crippen MR) is 144 cm³/mol. The molecule has 4 aromatic rings. The van der Waals surface area contributed by atoms with E-state index in [9.17, 15) is 22.8 Å². The molecule has 0 radical (unpaired) electrons. The van der Waals surface area contributed by atoms with Crippen LogP contribution >= 0.6 is 24.4 Å². The third kappa shape index (κ3) is 7.29. The highest BCUT2D eigenvalue weighted by atomic mass is 35.5. The average molecular weight is 594 g/mol. The number of alkyl halides is 3. The van der Waals surface area contributed by atoms with Gasteiger partial charge >= 0.3 is 18.2 Å².